The molecule has 0 aliphatic carbocycles. The number of carboxylic acids is 2. The minimum atomic E-state index is -1.27. The normalized spacial score (nSPS) is 14.5. The first-order valence-corrected chi connectivity index (χ1v) is 9.47. The van der Waals surface area contributed by atoms with Crippen molar-refractivity contribution in [2.24, 2.45) is 17.8 Å². The summed E-state index contributed by atoms with van der Waals surface area (Å²) in [5.74, 6) is -0.130. The third kappa shape index (κ3) is 7.46. The Labute approximate surface area is 156 Å². The number of rotatable bonds is 12. The van der Waals surface area contributed by atoms with Gasteiger partial charge in [0.05, 0.1) is 17.7 Å². The van der Waals surface area contributed by atoms with Crippen molar-refractivity contribution < 1.29 is 24.5 Å². The molecule has 5 nitrogen and oxygen atoms in total. The first-order chi connectivity index (χ1) is 12.2. The van der Waals surface area contributed by atoms with Crippen molar-refractivity contribution in [2.45, 2.75) is 59.8 Å². The average Bonchev–Trinajstić information content (AvgIpc) is 2.59. The second kappa shape index (κ2) is 10.8. The van der Waals surface area contributed by atoms with Gasteiger partial charge < -0.3 is 14.9 Å². The van der Waals surface area contributed by atoms with Crippen LogP contribution in [-0.4, -0.2) is 28.8 Å². The van der Waals surface area contributed by atoms with Crippen molar-refractivity contribution >= 4 is 11.9 Å². The maximum Gasteiger partial charge on any atom is 0.336 e. The van der Waals surface area contributed by atoms with E-state index in [1.165, 1.54) is 37.5 Å². The van der Waals surface area contributed by atoms with Gasteiger partial charge >= 0.3 is 11.9 Å². The van der Waals surface area contributed by atoms with Crippen LogP contribution in [0.1, 0.15) is 80.5 Å². The van der Waals surface area contributed by atoms with Crippen molar-refractivity contribution in [1.29, 1.82) is 0 Å². The summed E-state index contributed by atoms with van der Waals surface area (Å²) in [5, 5.41) is 18.2. The van der Waals surface area contributed by atoms with E-state index < -0.39 is 11.9 Å². The van der Waals surface area contributed by atoms with Crippen LogP contribution in [0.2, 0.25) is 0 Å². The fourth-order valence-electron chi connectivity index (χ4n) is 3.05. The zero-order valence-electron chi connectivity index (χ0n) is 16.3. The lowest BCUT2D eigenvalue weighted by Gasteiger charge is -2.19. The van der Waals surface area contributed by atoms with Crippen molar-refractivity contribution in [3.05, 3.63) is 29.3 Å². The van der Waals surface area contributed by atoms with Crippen LogP contribution in [0.15, 0.2) is 18.2 Å². The molecular weight excluding hydrogens is 332 g/mol. The number of hydrogen-bond acceptors (Lipinski definition) is 3. The minimum Gasteiger partial charge on any atom is -0.494 e. The highest BCUT2D eigenvalue weighted by Crippen LogP contribution is 2.23. The van der Waals surface area contributed by atoms with Gasteiger partial charge in [0, 0.05) is 0 Å². The van der Waals surface area contributed by atoms with E-state index in [0.29, 0.717) is 24.2 Å². The lowest BCUT2D eigenvalue weighted by molar-refractivity contribution is 0.0651. The summed E-state index contributed by atoms with van der Waals surface area (Å²) in [6.07, 6.45) is 5.79. The molecule has 0 heterocycles. The van der Waals surface area contributed by atoms with Gasteiger partial charge in [-0.05, 0) is 48.8 Å². The highest BCUT2D eigenvalue weighted by molar-refractivity contribution is 6.01. The molecule has 2 N–H and O–H groups in total. The molecule has 0 radical (unpaired) electrons. The van der Waals surface area contributed by atoms with Crippen LogP contribution in [-0.2, 0) is 0 Å². The lowest BCUT2D eigenvalue weighted by Crippen LogP contribution is -2.11. The van der Waals surface area contributed by atoms with E-state index in [1.54, 1.807) is 0 Å². The van der Waals surface area contributed by atoms with Gasteiger partial charge in [-0.15, -0.1) is 0 Å². The quantitative estimate of drug-likeness (QED) is 0.523. The van der Waals surface area contributed by atoms with E-state index >= 15 is 0 Å². The molecular formula is C21H32O5. The molecule has 0 fully saturated rings. The van der Waals surface area contributed by atoms with Gasteiger partial charge in [0.15, 0.2) is 0 Å². The number of aromatic carboxylic acids is 2. The summed E-state index contributed by atoms with van der Waals surface area (Å²) in [4.78, 5) is 22.2. The van der Waals surface area contributed by atoms with Gasteiger partial charge in [-0.25, -0.2) is 9.59 Å². The van der Waals surface area contributed by atoms with Crippen LogP contribution in [0, 0.1) is 17.8 Å². The molecule has 0 saturated carbocycles. The van der Waals surface area contributed by atoms with Crippen LogP contribution < -0.4 is 4.74 Å². The third-order valence-corrected chi connectivity index (χ3v) is 4.99. The van der Waals surface area contributed by atoms with Crippen molar-refractivity contribution in [2.75, 3.05) is 6.61 Å². The fourth-order valence-corrected chi connectivity index (χ4v) is 3.05. The zero-order valence-corrected chi connectivity index (χ0v) is 16.3. The molecule has 1 aromatic rings. The summed E-state index contributed by atoms with van der Waals surface area (Å²) in [6.45, 7) is 9.52. The average molecular weight is 364 g/mol. The number of carbonyl (C=O) groups is 2. The molecule has 0 aromatic heterocycles. The zero-order chi connectivity index (χ0) is 19.7. The molecule has 146 valence electrons. The number of benzene rings is 1. The highest BCUT2D eigenvalue weighted by atomic mass is 16.5. The van der Waals surface area contributed by atoms with E-state index in [2.05, 4.69) is 27.7 Å². The van der Waals surface area contributed by atoms with Crippen molar-refractivity contribution in [3.8, 4) is 5.75 Å². The fraction of sp³-hybridized carbons (Fsp3) is 0.619. The Balaban J connectivity index is 2.46. The monoisotopic (exact) mass is 364 g/mol. The Morgan fingerprint density at radius 1 is 0.923 bits per heavy atom. The summed E-state index contributed by atoms with van der Waals surface area (Å²) >= 11 is 0. The smallest absolute Gasteiger partial charge is 0.336 e. The molecule has 0 spiro atoms. The van der Waals surface area contributed by atoms with E-state index in [-0.39, 0.29) is 11.1 Å². The van der Waals surface area contributed by atoms with Crippen LogP contribution >= 0.6 is 0 Å². The molecule has 1 aromatic carbocycles. The topological polar surface area (TPSA) is 83.8 Å². The molecule has 26 heavy (non-hydrogen) atoms. The largest absolute Gasteiger partial charge is 0.494 e. The SMILES string of the molecule is CCC(C)CCC(C)CC(C)CCOc1ccc(C(=O)O)c(C(=O)O)c1. The Hall–Kier alpha value is -2.04. The molecule has 0 bridgehead atoms. The van der Waals surface area contributed by atoms with Crippen molar-refractivity contribution in [1.82, 2.24) is 0 Å². The Morgan fingerprint density at radius 2 is 1.50 bits per heavy atom. The summed E-state index contributed by atoms with van der Waals surface area (Å²) in [7, 11) is 0. The predicted molar refractivity (Wildman–Crippen MR) is 102 cm³/mol. The van der Waals surface area contributed by atoms with Crippen LogP contribution in [0.25, 0.3) is 0 Å². The second-order valence-electron chi connectivity index (χ2n) is 7.49. The number of hydrogen-bond donors (Lipinski definition) is 2. The van der Waals surface area contributed by atoms with Crippen LogP contribution in [0.5, 0.6) is 5.75 Å². The molecule has 0 aliphatic rings. The predicted octanol–water partition coefficient (Wildman–Crippen LogP) is 5.34. The molecule has 0 aliphatic heterocycles. The van der Waals surface area contributed by atoms with Gasteiger partial charge in [-0.1, -0.05) is 47.0 Å². The maximum absolute atomic E-state index is 11.2. The molecule has 0 saturated heterocycles. The summed E-state index contributed by atoms with van der Waals surface area (Å²) < 4.78 is 5.64. The minimum absolute atomic E-state index is 0.228. The maximum atomic E-state index is 11.2. The second-order valence-corrected chi connectivity index (χ2v) is 7.49. The van der Waals surface area contributed by atoms with Gasteiger partial charge in [0.25, 0.3) is 0 Å². The lowest BCUT2D eigenvalue weighted by atomic mass is 9.89. The van der Waals surface area contributed by atoms with Crippen LogP contribution in [0.3, 0.4) is 0 Å². The van der Waals surface area contributed by atoms with E-state index in [4.69, 9.17) is 14.9 Å². The number of ether oxygens (including phenoxy) is 1. The Bertz CT molecular complexity index is 596. The molecule has 1 rings (SSSR count). The Morgan fingerprint density at radius 3 is 2.08 bits per heavy atom. The molecule has 5 heteroatoms. The van der Waals surface area contributed by atoms with E-state index in [0.717, 1.165) is 18.8 Å². The van der Waals surface area contributed by atoms with Crippen molar-refractivity contribution in [3.63, 3.8) is 0 Å². The first-order valence-electron chi connectivity index (χ1n) is 9.47. The van der Waals surface area contributed by atoms with Gasteiger partial charge in [-0.2, -0.15) is 0 Å². The molecule has 3 unspecified atom stereocenters. The Kier molecular flexibility index (Phi) is 9.17. The standard InChI is InChI=1S/C21H32O5/c1-5-14(2)6-7-15(3)12-16(4)10-11-26-17-8-9-18(20(22)23)19(13-17)21(24)25/h8-9,13-16H,5-7,10-12H2,1-4H3,(H,22,23)(H,24,25). The summed E-state index contributed by atoms with van der Waals surface area (Å²) in [5.41, 5.74) is -0.477. The molecule has 3 atom stereocenters. The third-order valence-electron chi connectivity index (χ3n) is 4.99. The number of carboxylic acid groups (broad SMARTS) is 2. The summed E-state index contributed by atoms with van der Waals surface area (Å²) in [6, 6.07) is 4.07. The van der Waals surface area contributed by atoms with Gasteiger partial charge in [-0.3, -0.25) is 0 Å². The van der Waals surface area contributed by atoms with E-state index in [9.17, 15) is 9.59 Å². The molecule has 0 amide bonds. The van der Waals surface area contributed by atoms with Gasteiger partial charge in [0.1, 0.15) is 5.75 Å². The first kappa shape index (κ1) is 22.0. The van der Waals surface area contributed by atoms with Gasteiger partial charge in [0.2, 0.25) is 0 Å². The van der Waals surface area contributed by atoms with Crippen LogP contribution in [0.4, 0.5) is 0 Å². The van der Waals surface area contributed by atoms with E-state index in [1.807, 2.05) is 0 Å². The highest BCUT2D eigenvalue weighted by Gasteiger charge is 2.17.